The molecule has 0 N–H and O–H groups in total. The Labute approximate surface area is 112 Å². The molecule has 4 heteroatoms. The second-order valence-electron chi connectivity index (χ2n) is 4.65. The molecule has 0 bridgehead atoms. The van der Waals surface area contributed by atoms with Gasteiger partial charge in [-0.1, -0.05) is 19.1 Å². The Hall–Kier alpha value is -1.03. The van der Waals surface area contributed by atoms with E-state index in [9.17, 15) is 9.18 Å². The van der Waals surface area contributed by atoms with E-state index in [-0.39, 0.29) is 11.7 Å². The standard InChI is InChI=1S/C14H18FNOS/c1-11-10-16(8-9-18-11)14(17)7-4-12-2-5-13(15)6-3-12/h2-3,5-6,11H,4,7-10H2,1H3. The molecule has 1 heterocycles. The molecule has 2 rings (SSSR count). The van der Waals surface area contributed by atoms with E-state index in [2.05, 4.69) is 6.92 Å². The van der Waals surface area contributed by atoms with Crippen molar-refractivity contribution < 1.29 is 9.18 Å². The number of rotatable bonds is 3. The van der Waals surface area contributed by atoms with E-state index in [0.29, 0.717) is 18.1 Å². The molecule has 1 aromatic rings. The number of hydrogen-bond donors (Lipinski definition) is 0. The third kappa shape index (κ3) is 3.73. The van der Waals surface area contributed by atoms with Gasteiger partial charge >= 0.3 is 0 Å². The summed E-state index contributed by atoms with van der Waals surface area (Å²) in [5.74, 6) is 1.02. The van der Waals surface area contributed by atoms with Gasteiger partial charge in [0.1, 0.15) is 5.82 Å². The first-order chi connectivity index (χ1) is 8.65. The fourth-order valence-electron chi connectivity index (χ4n) is 2.11. The zero-order valence-electron chi connectivity index (χ0n) is 10.6. The minimum absolute atomic E-state index is 0.214. The number of thioether (sulfide) groups is 1. The van der Waals surface area contributed by atoms with Crippen LogP contribution in [-0.4, -0.2) is 34.9 Å². The van der Waals surface area contributed by atoms with Gasteiger partial charge in [0.05, 0.1) is 0 Å². The number of amides is 1. The van der Waals surface area contributed by atoms with Crippen LogP contribution in [0, 0.1) is 5.82 Å². The van der Waals surface area contributed by atoms with Crippen molar-refractivity contribution in [2.75, 3.05) is 18.8 Å². The van der Waals surface area contributed by atoms with Crippen molar-refractivity contribution in [1.82, 2.24) is 4.90 Å². The van der Waals surface area contributed by atoms with Gasteiger partial charge in [0.25, 0.3) is 0 Å². The van der Waals surface area contributed by atoms with Crippen LogP contribution >= 0.6 is 11.8 Å². The lowest BCUT2D eigenvalue weighted by atomic mass is 10.1. The lowest BCUT2D eigenvalue weighted by molar-refractivity contribution is -0.131. The zero-order chi connectivity index (χ0) is 13.0. The normalized spacial score (nSPS) is 19.9. The molecular weight excluding hydrogens is 249 g/mol. The monoisotopic (exact) mass is 267 g/mol. The molecule has 1 fully saturated rings. The number of halogens is 1. The van der Waals surface area contributed by atoms with Crippen molar-refractivity contribution in [3.8, 4) is 0 Å². The Kier molecular flexibility index (Phi) is 4.64. The summed E-state index contributed by atoms with van der Waals surface area (Å²) < 4.78 is 12.7. The highest BCUT2D eigenvalue weighted by Gasteiger charge is 2.20. The number of benzene rings is 1. The van der Waals surface area contributed by atoms with Crippen LogP contribution in [0.5, 0.6) is 0 Å². The quantitative estimate of drug-likeness (QED) is 0.839. The summed E-state index contributed by atoms with van der Waals surface area (Å²) >= 11 is 1.92. The van der Waals surface area contributed by atoms with Gasteiger partial charge in [-0.05, 0) is 24.1 Å². The summed E-state index contributed by atoms with van der Waals surface area (Å²) in [5.41, 5.74) is 1.02. The van der Waals surface area contributed by atoms with Crippen LogP contribution < -0.4 is 0 Å². The maximum Gasteiger partial charge on any atom is 0.222 e. The van der Waals surface area contributed by atoms with E-state index < -0.39 is 0 Å². The molecule has 1 amide bonds. The average Bonchev–Trinajstić information content (AvgIpc) is 2.38. The largest absolute Gasteiger partial charge is 0.341 e. The maximum absolute atomic E-state index is 12.7. The number of hydrogen-bond acceptors (Lipinski definition) is 2. The van der Waals surface area contributed by atoms with Crippen molar-refractivity contribution in [2.24, 2.45) is 0 Å². The molecule has 0 saturated carbocycles. The van der Waals surface area contributed by atoms with Gasteiger partial charge in [-0.15, -0.1) is 0 Å². The van der Waals surface area contributed by atoms with E-state index in [1.54, 1.807) is 12.1 Å². The molecule has 0 radical (unpaired) electrons. The first kappa shape index (κ1) is 13.4. The Morgan fingerprint density at radius 1 is 1.44 bits per heavy atom. The summed E-state index contributed by atoms with van der Waals surface area (Å²) in [6.07, 6.45) is 1.21. The van der Waals surface area contributed by atoms with Crippen LogP contribution in [0.1, 0.15) is 18.9 Å². The molecule has 0 aromatic heterocycles. The highest BCUT2D eigenvalue weighted by Crippen LogP contribution is 2.18. The van der Waals surface area contributed by atoms with Gasteiger partial charge in [-0.25, -0.2) is 4.39 Å². The molecule has 0 spiro atoms. The molecule has 98 valence electrons. The third-order valence-corrected chi connectivity index (χ3v) is 4.27. The van der Waals surface area contributed by atoms with Crippen LogP contribution in [0.2, 0.25) is 0 Å². The van der Waals surface area contributed by atoms with Crippen molar-refractivity contribution in [1.29, 1.82) is 0 Å². The summed E-state index contributed by atoms with van der Waals surface area (Å²) in [4.78, 5) is 14.0. The molecule has 0 aliphatic carbocycles. The maximum atomic E-state index is 12.7. The fourth-order valence-corrected chi connectivity index (χ4v) is 3.12. The molecule has 1 aliphatic heterocycles. The smallest absolute Gasteiger partial charge is 0.222 e. The van der Waals surface area contributed by atoms with E-state index in [1.807, 2.05) is 16.7 Å². The van der Waals surface area contributed by atoms with Crippen molar-refractivity contribution in [3.05, 3.63) is 35.6 Å². The van der Waals surface area contributed by atoms with Crippen molar-refractivity contribution in [3.63, 3.8) is 0 Å². The van der Waals surface area contributed by atoms with E-state index in [4.69, 9.17) is 0 Å². The molecule has 1 unspecified atom stereocenters. The van der Waals surface area contributed by atoms with Gasteiger partial charge in [0.2, 0.25) is 5.91 Å². The Balaban J connectivity index is 1.82. The molecule has 2 nitrogen and oxygen atoms in total. The predicted molar refractivity (Wildman–Crippen MR) is 73.2 cm³/mol. The van der Waals surface area contributed by atoms with Crippen molar-refractivity contribution >= 4 is 17.7 Å². The van der Waals surface area contributed by atoms with Crippen LogP contribution in [0.25, 0.3) is 0 Å². The van der Waals surface area contributed by atoms with Crippen LogP contribution in [-0.2, 0) is 11.2 Å². The third-order valence-electron chi connectivity index (χ3n) is 3.13. The average molecular weight is 267 g/mol. The molecule has 1 atom stereocenters. The van der Waals surface area contributed by atoms with Gasteiger partial charge in [-0.3, -0.25) is 4.79 Å². The minimum atomic E-state index is -0.230. The van der Waals surface area contributed by atoms with Gasteiger partial charge in [0, 0.05) is 30.5 Å². The predicted octanol–water partition coefficient (Wildman–Crippen LogP) is 2.72. The minimum Gasteiger partial charge on any atom is -0.341 e. The van der Waals surface area contributed by atoms with Crippen molar-refractivity contribution in [2.45, 2.75) is 25.0 Å². The summed E-state index contributed by atoms with van der Waals surface area (Å²) in [6, 6.07) is 6.38. The molecule has 18 heavy (non-hydrogen) atoms. The second kappa shape index (κ2) is 6.23. The van der Waals surface area contributed by atoms with Crippen LogP contribution in [0.4, 0.5) is 4.39 Å². The van der Waals surface area contributed by atoms with E-state index in [0.717, 1.165) is 24.4 Å². The van der Waals surface area contributed by atoms with E-state index >= 15 is 0 Å². The second-order valence-corrected chi connectivity index (χ2v) is 6.19. The molecule has 1 aromatic carbocycles. The van der Waals surface area contributed by atoms with Gasteiger partial charge in [-0.2, -0.15) is 11.8 Å². The number of carbonyl (C=O) groups excluding carboxylic acids is 1. The Morgan fingerprint density at radius 2 is 2.17 bits per heavy atom. The summed E-state index contributed by atoms with van der Waals surface area (Å²) in [6.45, 7) is 3.87. The van der Waals surface area contributed by atoms with Gasteiger partial charge in [0.15, 0.2) is 0 Å². The first-order valence-corrected chi connectivity index (χ1v) is 7.34. The topological polar surface area (TPSA) is 20.3 Å². The Morgan fingerprint density at radius 3 is 2.83 bits per heavy atom. The highest BCUT2D eigenvalue weighted by molar-refractivity contribution is 7.99. The highest BCUT2D eigenvalue weighted by atomic mass is 32.2. The number of carbonyl (C=O) groups is 1. The summed E-state index contributed by atoms with van der Waals surface area (Å²) in [7, 11) is 0. The lowest BCUT2D eigenvalue weighted by Crippen LogP contribution is -2.41. The van der Waals surface area contributed by atoms with Crippen LogP contribution in [0.15, 0.2) is 24.3 Å². The first-order valence-electron chi connectivity index (χ1n) is 6.29. The summed E-state index contributed by atoms with van der Waals surface area (Å²) in [5, 5.41) is 0.536. The molecular formula is C14H18FNOS. The molecule has 1 aliphatic rings. The Bertz CT molecular complexity index is 407. The van der Waals surface area contributed by atoms with E-state index in [1.165, 1.54) is 12.1 Å². The van der Waals surface area contributed by atoms with Crippen LogP contribution in [0.3, 0.4) is 0 Å². The van der Waals surface area contributed by atoms with Gasteiger partial charge < -0.3 is 4.90 Å². The number of nitrogens with zero attached hydrogens (tertiary/aromatic N) is 1. The fraction of sp³-hybridized carbons (Fsp3) is 0.500. The molecule has 1 saturated heterocycles. The zero-order valence-corrected chi connectivity index (χ0v) is 11.4. The SMILES string of the molecule is CC1CN(C(=O)CCc2ccc(F)cc2)CCS1. The lowest BCUT2D eigenvalue weighted by Gasteiger charge is -2.30. The number of aryl methyl sites for hydroxylation is 1.